The van der Waals surface area contributed by atoms with E-state index in [0.29, 0.717) is 26.3 Å². The smallest absolute Gasteiger partial charge is 0.417 e. The number of alkyl halides is 3. The number of carbonyl (C=O) groups excluding carboxylic acids is 2. The highest BCUT2D eigenvalue weighted by Crippen LogP contribution is 2.36. The van der Waals surface area contributed by atoms with E-state index in [0.717, 1.165) is 12.1 Å². The van der Waals surface area contributed by atoms with Crippen molar-refractivity contribution in [3.63, 3.8) is 0 Å². The first-order valence-electron chi connectivity index (χ1n) is 9.01. The minimum Gasteiger partial charge on any atom is -0.483 e. The molecule has 0 bridgehead atoms. The zero-order chi connectivity index (χ0) is 21.7. The Bertz CT molecular complexity index is 931. The quantitative estimate of drug-likeness (QED) is 0.763. The highest BCUT2D eigenvalue weighted by atomic mass is 35.5. The van der Waals surface area contributed by atoms with E-state index in [-0.39, 0.29) is 29.5 Å². The molecular weight excluding hydrogens is 425 g/mol. The Labute approximate surface area is 175 Å². The van der Waals surface area contributed by atoms with E-state index >= 15 is 0 Å². The lowest BCUT2D eigenvalue weighted by molar-refractivity contribution is -0.138. The first-order valence-corrected chi connectivity index (χ1v) is 9.39. The van der Waals surface area contributed by atoms with Gasteiger partial charge >= 0.3 is 6.18 Å². The van der Waals surface area contributed by atoms with Gasteiger partial charge in [-0.15, -0.1) is 0 Å². The molecule has 1 fully saturated rings. The van der Waals surface area contributed by atoms with Crippen LogP contribution in [0.15, 0.2) is 42.5 Å². The van der Waals surface area contributed by atoms with Crippen LogP contribution >= 0.6 is 11.6 Å². The first-order chi connectivity index (χ1) is 14.3. The average molecular weight is 443 g/mol. The number of morpholine rings is 1. The summed E-state index contributed by atoms with van der Waals surface area (Å²) in [6.45, 7) is 1.55. The average Bonchev–Trinajstić information content (AvgIpc) is 2.73. The molecule has 0 spiro atoms. The normalized spacial score (nSPS) is 14.3. The first kappa shape index (κ1) is 21.9. The van der Waals surface area contributed by atoms with Crippen molar-refractivity contribution in [2.45, 2.75) is 6.18 Å². The molecule has 0 saturated carbocycles. The maximum atomic E-state index is 13.0. The molecule has 6 nitrogen and oxygen atoms in total. The molecule has 1 saturated heterocycles. The molecule has 0 radical (unpaired) electrons. The zero-order valence-electron chi connectivity index (χ0n) is 15.7. The van der Waals surface area contributed by atoms with Gasteiger partial charge in [-0.1, -0.05) is 23.7 Å². The Balaban J connectivity index is 1.70. The number of halogens is 4. The number of nitrogens with one attached hydrogen (secondary N) is 1. The predicted octanol–water partition coefficient (Wildman–Crippen LogP) is 3.85. The summed E-state index contributed by atoms with van der Waals surface area (Å²) in [5.41, 5.74) is -1.05. The molecule has 2 amide bonds. The Kier molecular flexibility index (Phi) is 6.84. The van der Waals surface area contributed by atoms with E-state index in [1.807, 2.05) is 0 Å². The van der Waals surface area contributed by atoms with Gasteiger partial charge in [0.05, 0.1) is 29.4 Å². The van der Waals surface area contributed by atoms with Crippen LogP contribution in [0.2, 0.25) is 5.02 Å². The van der Waals surface area contributed by atoms with Crippen LogP contribution in [0.3, 0.4) is 0 Å². The maximum Gasteiger partial charge on any atom is 0.417 e. The maximum absolute atomic E-state index is 13.0. The molecule has 1 aliphatic rings. The van der Waals surface area contributed by atoms with Gasteiger partial charge < -0.3 is 19.7 Å². The minimum atomic E-state index is -4.65. The summed E-state index contributed by atoms with van der Waals surface area (Å²) in [4.78, 5) is 26.4. The van der Waals surface area contributed by atoms with Crippen LogP contribution < -0.4 is 10.1 Å². The van der Waals surface area contributed by atoms with Gasteiger partial charge in [0.25, 0.3) is 11.8 Å². The van der Waals surface area contributed by atoms with Crippen molar-refractivity contribution in [1.29, 1.82) is 0 Å². The topological polar surface area (TPSA) is 67.9 Å². The Morgan fingerprint density at radius 1 is 1.13 bits per heavy atom. The molecule has 160 valence electrons. The van der Waals surface area contributed by atoms with Gasteiger partial charge in [-0.2, -0.15) is 13.2 Å². The summed E-state index contributed by atoms with van der Waals surface area (Å²) in [6.07, 6.45) is -4.65. The Morgan fingerprint density at radius 2 is 1.83 bits per heavy atom. The van der Waals surface area contributed by atoms with Gasteiger partial charge in [0.1, 0.15) is 5.75 Å². The van der Waals surface area contributed by atoms with Crippen molar-refractivity contribution in [1.82, 2.24) is 4.90 Å². The van der Waals surface area contributed by atoms with Gasteiger partial charge in [0.2, 0.25) is 0 Å². The number of amides is 2. The minimum absolute atomic E-state index is 0.0732. The lowest BCUT2D eigenvalue weighted by Crippen LogP contribution is -2.43. The van der Waals surface area contributed by atoms with Crippen molar-refractivity contribution in [3.8, 4) is 5.75 Å². The second-order valence-corrected chi connectivity index (χ2v) is 6.83. The summed E-state index contributed by atoms with van der Waals surface area (Å²) >= 11 is 5.60. The number of hydrogen-bond donors (Lipinski definition) is 1. The van der Waals surface area contributed by atoms with Crippen LogP contribution in [0, 0.1) is 0 Å². The summed E-state index contributed by atoms with van der Waals surface area (Å²) in [6, 6.07) is 9.23. The fraction of sp³-hybridized carbons (Fsp3) is 0.300. The molecule has 1 heterocycles. The number of rotatable bonds is 5. The van der Waals surface area contributed by atoms with Gasteiger partial charge in [-0.05, 0) is 30.3 Å². The summed E-state index contributed by atoms with van der Waals surface area (Å²) < 4.78 is 49.8. The standard InChI is InChI=1S/C20H18ClF3N2O4/c21-16-6-5-13(11-15(16)20(22,23)24)25-19(28)14-3-1-2-4-17(14)30-12-18(27)26-7-9-29-10-8-26/h1-6,11H,7-10,12H2,(H,25,28). The van der Waals surface area contributed by atoms with Gasteiger partial charge in [-0.3, -0.25) is 9.59 Å². The van der Waals surface area contributed by atoms with Gasteiger partial charge in [0, 0.05) is 18.8 Å². The van der Waals surface area contributed by atoms with Crippen LogP contribution in [0.5, 0.6) is 5.75 Å². The fourth-order valence-electron chi connectivity index (χ4n) is 2.84. The second kappa shape index (κ2) is 9.36. The van der Waals surface area contributed by atoms with E-state index in [1.54, 1.807) is 17.0 Å². The molecule has 0 unspecified atom stereocenters. The van der Waals surface area contributed by atoms with Crippen LogP contribution in [0.1, 0.15) is 15.9 Å². The molecular formula is C20H18ClF3N2O4. The van der Waals surface area contributed by atoms with Crippen molar-refractivity contribution >= 4 is 29.1 Å². The van der Waals surface area contributed by atoms with Crippen molar-refractivity contribution < 1.29 is 32.2 Å². The molecule has 3 rings (SSSR count). The highest BCUT2D eigenvalue weighted by Gasteiger charge is 2.33. The van der Waals surface area contributed by atoms with E-state index in [9.17, 15) is 22.8 Å². The SMILES string of the molecule is O=C(Nc1ccc(Cl)c(C(F)(F)F)c1)c1ccccc1OCC(=O)N1CCOCC1. The molecule has 2 aromatic rings. The summed E-state index contributed by atoms with van der Waals surface area (Å²) in [7, 11) is 0. The molecule has 1 aliphatic heterocycles. The van der Waals surface area contributed by atoms with Crippen LogP contribution in [-0.2, 0) is 15.7 Å². The summed E-state index contributed by atoms with van der Waals surface area (Å²) in [5, 5.41) is 1.93. The molecule has 0 aliphatic carbocycles. The molecule has 30 heavy (non-hydrogen) atoms. The number of hydrogen-bond acceptors (Lipinski definition) is 4. The van der Waals surface area contributed by atoms with Gasteiger partial charge in [0.15, 0.2) is 6.61 Å². The molecule has 1 N–H and O–H groups in total. The molecule has 10 heteroatoms. The third-order valence-electron chi connectivity index (χ3n) is 4.38. The molecule has 2 aromatic carbocycles. The number of para-hydroxylation sites is 1. The second-order valence-electron chi connectivity index (χ2n) is 6.42. The predicted molar refractivity (Wildman–Crippen MR) is 104 cm³/mol. The zero-order valence-corrected chi connectivity index (χ0v) is 16.4. The molecule has 0 aromatic heterocycles. The third kappa shape index (κ3) is 5.43. The van der Waals surface area contributed by atoms with E-state index in [1.165, 1.54) is 18.2 Å². The fourth-order valence-corrected chi connectivity index (χ4v) is 3.07. The number of anilines is 1. The van der Waals surface area contributed by atoms with Crippen LogP contribution in [-0.4, -0.2) is 49.6 Å². The Hall–Kier alpha value is -2.78. The van der Waals surface area contributed by atoms with Crippen molar-refractivity contribution in [2.75, 3.05) is 38.2 Å². The monoisotopic (exact) mass is 442 g/mol. The molecule has 0 atom stereocenters. The number of ether oxygens (including phenoxy) is 2. The largest absolute Gasteiger partial charge is 0.483 e. The number of nitrogens with zero attached hydrogens (tertiary/aromatic N) is 1. The number of benzene rings is 2. The Morgan fingerprint density at radius 3 is 2.53 bits per heavy atom. The van der Waals surface area contributed by atoms with E-state index in [4.69, 9.17) is 21.1 Å². The van der Waals surface area contributed by atoms with Crippen molar-refractivity contribution in [2.24, 2.45) is 0 Å². The third-order valence-corrected chi connectivity index (χ3v) is 4.71. The van der Waals surface area contributed by atoms with E-state index in [2.05, 4.69) is 5.32 Å². The van der Waals surface area contributed by atoms with Crippen LogP contribution in [0.25, 0.3) is 0 Å². The van der Waals surface area contributed by atoms with Crippen molar-refractivity contribution in [3.05, 3.63) is 58.6 Å². The lowest BCUT2D eigenvalue weighted by atomic mass is 10.1. The summed E-state index contributed by atoms with van der Waals surface area (Å²) in [5.74, 6) is -0.789. The lowest BCUT2D eigenvalue weighted by Gasteiger charge is -2.26. The highest BCUT2D eigenvalue weighted by molar-refractivity contribution is 6.31. The van der Waals surface area contributed by atoms with E-state index < -0.39 is 22.7 Å². The number of carbonyl (C=O) groups is 2. The van der Waals surface area contributed by atoms with Gasteiger partial charge in [-0.25, -0.2) is 0 Å². The van der Waals surface area contributed by atoms with Crippen LogP contribution in [0.4, 0.5) is 18.9 Å².